The maximum absolute atomic E-state index is 3.57. The molecule has 0 rings (SSSR count). The van der Waals surface area contributed by atoms with E-state index in [0.717, 1.165) is 13.1 Å². The Morgan fingerprint density at radius 1 is 0.300 bits per heavy atom. The van der Waals surface area contributed by atoms with Crippen LogP contribution >= 0.6 is 49.6 Å². The van der Waals surface area contributed by atoms with Gasteiger partial charge in [0.25, 0.3) is 0 Å². The number of halogens is 4. The zero-order chi connectivity index (χ0) is 19.0. The van der Waals surface area contributed by atoms with E-state index in [-0.39, 0.29) is 49.6 Å². The maximum atomic E-state index is 3.57. The Labute approximate surface area is 213 Å². The summed E-state index contributed by atoms with van der Waals surface area (Å²) >= 11 is 0. The molecule has 30 heavy (non-hydrogen) atoms. The van der Waals surface area contributed by atoms with E-state index in [4.69, 9.17) is 0 Å². The van der Waals surface area contributed by atoms with Gasteiger partial charge in [-0.05, 0) is 90.9 Å². The molecule has 0 aliphatic heterocycles. The molecule has 0 aromatic heterocycles. The van der Waals surface area contributed by atoms with E-state index in [9.17, 15) is 0 Å². The molecule has 0 fully saturated rings. The Morgan fingerprint density at radius 2 is 0.533 bits per heavy atom. The first-order valence-electron chi connectivity index (χ1n) is 11.7. The highest BCUT2D eigenvalue weighted by atomic mass is 35.5. The lowest BCUT2D eigenvalue weighted by molar-refractivity contribution is 0.532. The Balaban J connectivity index is -0.000000521. The summed E-state index contributed by atoms with van der Waals surface area (Å²) in [5.74, 6) is 0. The molecule has 0 aromatic carbocycles. The standard InChI is InChI=1S/C22H50N4.4ClH/c1-3-5-15-23-19-13-21-25-17-11-9-7-8-10-12-18-26-22-14-20-24-16-6-4-2;;;;/h23-26H,3-22H2,1-2H3;4*1H. The van der Waals surface area contributed by atoms with Crippen molar-refractivity contribution in [2.24, 2.45) is 0 Å². The van der Waals surface area contributed by atoms with Gasteiger partial charge in [0.1, 0.15) is 0 Å². The molecular formula is C22H54Cl4N4. The first-order chi connectivity index (χ1) is 12.9. The molecule has 0 aromatic rings. The molecule has 0 atom stereocenters. The molecule has 0 spiro atoms. The second-order valence-corrected chi connectivity index (χ2v) is 7.54. The van der Waals surface area contributed by atoms with Crippen molar-refractivity contribution in [1.82, 2.24) is 21.3 Å². The van der Waals surface area contributed by atoms with E-state index in [1.807, 2.05) is 0 Å². The van der Waals surface area contributed by atoms with Crippen LogP contribution in [0.25, 0.3) is 0 Å². The normalized spacial score (nSPS) is 9.80. The third-order valence-electron chi connectivity index (χ3n) is 4.79. The van der Waals surface area contributed by atoms with Gasteiger partial charge in [-0.3, -0.25) is 0 Å². The Hall–Kier alpha value is 1.00. The lowest BCUT2D eigenvalue weighted by atomic mass is 10.1. The smallest absolute Gasteiger partial charge is 0.00368 e. The fourth-order valence-corrected chi connectivity index (χ4v) is 2.99. The summed E-state index contributed by atoms with van der Waals surface area (Å²) in [7, 11) is 0. The molecule has 4 nitrogen and oxygen atoms in total. The van der Waals surface area contributed by atoms with Crippen LogP contribution < -0.4 is 21.3 Å². The second-order valence-electron chi connectivity index (χ2n) is 7.54. The molecule has 4 N–H and O–H groups in total. The number of rotatable bonds is 23. The van der Waals surface area contributed by atoms with Gasteiger partial charge >= 0.3 is 0 Å². The van der Waals surface area contributed by atoms with Crippen LogP contribution in [-0.4, -0.2) is 52.4 Å². The van der Waals surface area contributed by atoms with Gasteiger partial charge in [0.2, 0.25) is 0 Å². The van der Waals surface area contributed by atoms with Gasteiger partial charge in [-0.1, -0.05) is 52.4 Å². The molecule has 8 heteroatoms. The number of unbranched alkanes of at least 4 members (excludes halogenated alkanes) is 7. The van der Waals surface area contributed by atoms with Crippen molar-refractivity contribution in [2.75, 3.05) is 52.4 Å². The van der Waals surface area contributed by atoms with Gasteiger partial charge in [-0.25, -0.2) is 0 Å². The Morgan fingerprint density at radius 3 is 0.833 bits per heavy atom. The maximum Gasteiger partial charge on any atom is -0.00368 e. The molecular weight excluding hydrogens is 462 g/mol. The third-order valence-corrected chi connectivity index (χ3v) is 4.79. The highest BCUT2D eigenvalue weighted by Crippen LogP contribution is 2.04. The molecule has 0 saturated carbocycles. The SMILES string of the molecule is CCCCNCCCNCCCCCCCCNCCCNCCCC.Cl.Cl.Cl.Cl. The molecule has 0 aliphatic rings. The third kappa shape index (κ3) is 39.5. The summed E-state index contributed by atoms with van der Waals surface area (Å²) in [6.45, 7) is 13.9. The summed E-state index contributed by atoms with van der Waals surface area (Å²) in [6.07, 6.45) is 16.0. The van der Waals surface area contributed by atoms with E-state index in [1.54, 1.807) is 0 Å². The van der Waals surface area contributed by atoms with E-state index < -0.39 is 0 Å². The van der Waals surface area contributed by atoms with Crippen molar-refractivity contribution < 1.29 is 0 Å². The lowest BCUT2D eigenvalue weighted by Gasteiger charge is -2.07. The van der Waals surface area contributed by atoms with Crippen LogP contribution in [0, 0.1) is 0 Å². The second kappa shape index (κ2) is 40.4. The van der Waals surface area contributed by atoms with Gasteiger partial charge < -0.3 is 21.3 Å². The summed E-state index contributed by atoms with van der Waals surface area (Å²) in [5, 5.41) is 14.1. The predicted molar refractivity (Wildman–Crippen MR) is 147 cm³/mol. The van der Waals surface area contributed by atoms with Crippen molar-refractivity contribution in [3.8, 4) is 0 Å². The van der Waals surface area contributed by atoms with Gasteiger partial charge in [0, 0.05) is 0 Å². The summed E-state index contributed by atoms with van der Waals surface area (Å²) in [5.41, 5.74) is 0. The van der Waals surface area contributed by atoms with Crippen LogP contribution in [0.5, 0.6) is 0 Å². The first-order valence-corrected chi connectivity index (χ1v) is 11.7. The number of hydrogen-bond acceptors (Lipinski definition) is 4. The van der Waals surface area contributed by atoms with Gasteiger partial charge in [0.15, 0.2) is 0 Å². The minimum atomic E-state index is 0. The number of hydrogen-bond donors (Lipinski definition) is 4. The van der Waals surface area contributed by atoms with Gasteiger partial charge in [0.05, 0.1) is 0 Å². The van der Waals surface area contributed by atoms with Crippen LogP contribution in [0.2, 0.25) is 0 Å². The molecule has 190 valence electrons. The molecule has 0 bridgehead atoms. The largest absolute Gasteiger partial charge is 0.317 e. The van der Waals surface area contributed by atoms with Crippen LogP contribution in [0.15, 0.2) is 0 Å². The lowest BCUT2D eigenvalue weighted by Crippen LogP contribution is -2.23. The Bertz CT molecular complexity index is 229. The average molecular weight is 517 g/mol. The fraction of sp³-hybridized carbons (Fsp3) is 1.00. The molecule has 0 aliphatic carbocycles. The summed E-state index contributed by atoms with van der Waals surface area (Å²) < 4.78 is 0. The molecule has 0 amide bonds. The van der Waals surface area contributed by atoms with E-state index in [2.05, 4.69) is 35.1 Å². The summed E-state index contributed by atoms with van der Waals surface area (Å²) in [4.78, 5) is 0. The highest BCUT2D eigenvalue weighted by molar-refractivity contribution is 5.86. The van der Waals surface area contributed by atoms with E-state index in [1.165, 1.54) is 116 Å². The van der Waals surface area contributed by atoms with Gasteiger partial charge in [-0.2, -0.15) is 0 Å². The topological polar surface area (TPSA) is 48.1 Å². The number of nitrogens with one attached hydrogen (secondary N) is 4. The van der Waals surface area contributed by atoms with Crippen molar-refractivity contribution in [1.29, 1.82) is 0 Å². The molecule has 0 radical (unpaired) electrons. The van der Waals surface area contributed by atoms with E-state index in [0.29, 0.717) is 0 Å². The monoisotopic (exact) mass is 514 g/mol. The predicted octanol–water partition coefficient (Wildman–Crippen LogP) is 5.75. The molecule has 0 unspecified atom stereocenters. The minimum Gasteiger partial charge on any atom is -0.317 e. The zero-order valence-corrected chi connectivity index (χ0v) is 23.0. The molecule has 0 saturated heterocycles. The van der Waals surface area contributed by atoms with E-state index >= 15 is 0 Å². The highest BCUT2D eigenvalue weighted by Gasteiger charge is 1.94. The quantitative estimate of drug-likeness (QED) is 0.131. The van der Waals surface area contributed by atoms with Crippen LogP contribution in [0.4, 0.5) is 0 Å². The van der Waals surface area contributed by atoms with Crippen molar-refractivity contribution in [2.45, 2.75) is 90.9 Å². The van der Waals surface area contributed by atoms with Crippen molar-refractivity contribution >= 4 is 49.6 Å². The van der Waals surface area contributed by atoms with Crippen molar-refractivity contribution in [3.05, 3.63) is 0 Å². The van der Waals surface area contributed by atoms with Crippen LogP contribution in [-0.2, 0) is 0 Å². The minimum absolute atomic E-state index is 0. The van der Waals surface area contributed by atoms with Gasteiger partial charge in [-0.15, -0.1) is 49.6 Å². The van der Waals surface area contributed by atoms with Crippen molar-refractivity contribution in [3.63, 3.8) is 0 Å². The first kappa shape index (κ1) is 41.3. The Kier molecular flexibility index (Phi) is 55.5. The fourth-order valence-electron chi connectivity index (χ4n) is 2.99. The molecule has 0 heterocycles. The van der Waals surface area contributed by atoms with Crippen LogP contribution in [0.3, 0.4) is 0 Å². The summed E-state index contributed by atoms with van der Waals surface area (Å²) in [6, 6.07) is 0. The van der Waals surface area contributed by atoms with Crippen LogP contribution in [0.1, 0.15) is 90.9 Å². The zero-order valence-electron chi connectivity index (χ0n) is 19.8. The average Bonchev–Trinajstić information content (AvgIpc) is 2.66.